The van der Waals surface area contributed by atoms with Crippen molar-refractivity contribution >= 4 is 55.9 Å². The predicted octanol–water partition coefficient (Wildman–Crippen LogP) is 4.29. The molecule has 0 bridgehead atoms. The van der Waals surface area contributed by atoms with Crippen molar-refractivity contribution in [3.63, 3.8) is 0 Å². The quantitative estimate of drug-likeness (QED) is 0.338. The normalized spacial score (nSPS) is 22.1. The number of anilines is 1. The molecule has 1 aromatic carbocycles. The Hall–Kier alpha value is -2.94. The molecule has 1 atom stereocenters. The van der Waals surface area contributed by atoms with Crippen LogP contribution in [0.2, 0.25) is 0 Å². The van der Waals surface area contributed by atoms with Gasteiger partial charge in [0, 0.05) is 25.2 Å². The molecule has 0 N–H and O–H groups in total. The third-order valence-electron chi connectivity index (χ3n) is 8.25. The van der Waals surface area contributed by atoms with E-state index in [-0.39, 0.29) is 28.5 Å². The van der Waals surface area contributed by atoms with Crippen LogP contribution in [0.4, 0.5) is 5.82 Å². The van der Waals surface area contributed by atoms with Crippen molar-refractivity contribution in [2.75, 3.05) is 29.5 Å². The lowest BCUT2D eigenvalue weighted by atomic mass is 9.90. The summed E-state index contributed by atoms with van der Waals surface area (Å²) in [6, 6.07) is 12.1. The van der Waals surface area contributed by atoms with Gasteiger partial charge in [0.25, 0.3) is 11.5 Å². The Morgan fingerprint density at radius 3 is 2.46 bits per heavy atom. The largest absolute Gasteiger partial charge is 0.357 e. The number of amides is 1. The molecule has 1 aromatic heterocycles. The number of hydrogen-bond acceptors (Lipinski definition) is 8. The Bertz CT molecular complexity index is 1600. The summed E-state index contributed by atoms with van der Waals surface area (Å²) in [6.07, 6.45) is 5.77. The van der Waals surface area contributed by atoms with Crippen LogP contribution in [0.15, 0.2) is 40.0 Å². The molecule has 0 aliphatic carbocycles. The first-order valence-corrected chi connectivity index (χ1v) is 17.1. The van der Waals surface area contributed by atoms with Crippen molar-refractivity contribution in [3.8, 4) is 6.07 Å². The first kappa shape index (κ1) is 29.5. The SMILES string of the molecule is CCCn1c(N2CCC(Cc3ccccc3)CC2)c(C=C2SC(=S)N(C3CCS(=O)(=O)C3)C2=O)c(C)c(C#N)c1=O. The molecule has 8 nitrogen and oxygen atoms in total. The molecule has 0 saturated carbocycles. The number of carbonyl (C=O) groups excluding carboxylic acids is 1. The molecule has 216 valence electrons. The van der Waals surface area contributed by atoms with E-state index in [0.717, 1.165) is 49.9 Å². The number of pyridine rings is 1. The lowest BCUT2D eigenvalue weighted by molar-refractivity contribution is -0.123. The van der Waals surface area contributed by atoms with Crippen molar-refractivity contribution in [1.29, 1.82) is 5.26 Å². The number of rotatable bonds is 7. The fourth-order valence-electron chi connectivity index (χ4n) is 6.12. The van der Waals surface area contributed by atoms with Gasteiger partial charge in [-0.15, -0.1) is 0 Å². The molecule has 3 saturated heterocycles. The number of benzene rings is 1. The highest BCUT2D eigenvalue weighted by Crippen LogP contribution is 2.39. The third kappa shape index (κ3) is 6.01. The van der Waals surface area contributed by atoms with Crippen LogP contribution in [0.3, 0.4) is 0 Å². The average molecular weight is 611 g/mol. The van der Waals surface area contributed by atoms with Gasteiger partial charge in [-0.2, -0.15) is 5.26 Å². The number of carbonyl (C=O) groups is 1. The van der Waals surface area contributed by atoms with Gasteiger partial charge in [0.05, 0.1) is 22.5 Å². The predicted molar refractivity (Wildman–Crippen MR) is 168 cm³/mol. The number of thioether (sulfide) groups is 1. The zero-order valence-electron chi connectivity index (χ0n) is 23.3. The van der Waals surface area contributed by atoms with Gasteiger partial charge >= 0.3 is 0 Å². The lowest BCUT2D eigenvalue weighted by Crippen LogP contribution is -2.40. The first-order valence-electron chi connectivity index (χ1n) is 14.1. The van der Waals surface area contributed by atoms with Crippen molar-refractivity contribution in [1.82, 2.24) is 9.47 Å². The molecule has 2 aromatic rings. The van der Waals surface area contributed by atoms with Crippen LogP contribution in [0.25, 0.3) is 6.08 Å². The van der Waals surface area contributed by atoms with E-state index in [2.05, 4.69) is 35.2 Å². The van der Waals surface area contributed by atoms with E-state index in [9.17, 15) is 23.3 Å². The third-order valence-corrected chi connectivity index (χ3v) is 11.3. The smallest absolute Gasteiger partial charge is 0.270 e. The molecule has 0 radical (unpaired) electrons. The van der Waals surface area contributed by atoms with Crippen LogP contribution < -0.4 is 10.5 Å². The van der Waals surface area contributed by atoms with Crippen LogP contribution in [-0.4, -0.2) is 58.7 Å². The van der Waals surface area contributed by atoms with Crippen LogP contribution >= 0.6 is 24.0 Å². The van der Waals surface area contributed by atoms with Gasteiger partial charge in [0.2, 0.25) is 0 Å². The Morgan fingerprint density at radius 1 is 1.15 bits per heavy atom. The van der Waals surface area contributed by atoms with Gasteiger partial charge in [-0.3, -0.25) is 19.1 Å². The molecule has 1 unspecified atom stereocenters. The Morgan fingerprint density at radius 2 is 1.85 bits per heavy atom. The monoisotopic (exact) mass is 610 g/mol. The van der Waals surface area contributed by atoms with E-state index in [0.29, 0.717) is 45.7 Å². The summed E-state index contributed by atoms with van der Waals surface area (Å²) in [5, 5.41) is 9.93. The fraction of sp³-hybridized carbons (Fsp3) is 0.467. The summed E-state index contributed by atoms with van der Waals surface area (Å²) in [5.74, 6) is 0.905. The van der Waals surface area contributed by atoms with Gasteiger partial charge in [-0.1, -0.05) is 61.2 Å². The summed E-state index contributed by atoms with van der Waals surface area (Å²) in [4.78, 5) is 31.1. The zero-order chi connectivity index (χ0) is 29.3. The standard InChI is InChI=1S/C30H34N4O4S3/c1-3-12-33-27(32-13-9-22(10-14-32)16-21-7-5-4-6-8-21)24(20(2)25(18-31)28(33)35)17-26-29(36)34(30(39)40-26)23-11-15-41(37,38)19-23/h4-8,17,22-23H,3,9-16,19H2,1-2H3. The topological polar surface area (TPSA) is 103 Å². The minimum atomic E-state index is -3.20. The molecule has 3 aliphatic rings. The lowest BCUT2D eigenvalue weighted by Gasteiger charge is -2.36. The fourth-order valence-corrected chi connectivity index (χ4v) is 9.20. The highest BCUT2D eigenvalue weighted by Gasteiger charge is 2.42. The number of sulfone groups is 1. The van der Waals surface area contributed by atoms with E-state index in [1.165, 1.54) is 10.5 Å². The van der Waals surface area contributed by atoms with E-state index in [1.807, 2.05) is 13.0 Å². The van der Waals surface area contributed by atoms with E-state index >= 15 is 0 Å². The summed E-state index contributed by atoms with van der Waals surface area (Å²) < 4.78 is 26.2. The van der Waals surface area contributed by atoms with Gasteiger partial charge < -0.3 is 4.90 Å². The summed E-state index contributed by atoms with van der Waals surface area (Å²) in [5.41, 5.74) is 2.30. The number of nitriles is 1. The van der Waals surface area contributed by atoms with Gasteiger partial charge in [0.15, 0.2) is 9.84 Å². The van der Waals surface area contributed by atoms with Crippen LogP contribution in [0.1, 0.15) is 54.9 Å². The number of hydrogen-bond donors (Lipinski definition) is 0. The highest BCUT2D eigenvalue weighted by atomic mass is 32.2. The average Bonchev–Trinajstić information content (AvgIpc) is 3.44. The Labute approximate surface area is 250 Å². The summed E-state index contributed by atoms with van der Waals surface area (Å²) in [7, 11) is -3.20. The second-order valence-electron chi connectivity index (χ2n) is 11.0. The summed E-state index contributed by atoms with van der Waals surface area (Å²) >= 11 is 6.68. The number of thiocarbonyl (C=S) groups is 1. The second-order valence-corrected chi connectivity index (χ2v) is 14.9. The van der Waals surface area contributed by atoms with Crippen LogP contribution in [-0.2, 0) is 27.6 Å². The van der Waals surface area contributed by atoms with Crippen LogP contribution in [0, 0.1) is 24.2 Å². The zero-order valence-corrected chi connectivity index (χ0v) is 25.8. The Balaban J connectivity index is 1.51. The minimum absolute atomic E-state index is 0.0464. The number of piperidine rings is 1. The first-order chi connectivity index (χ1) is 19.6. The number of nitrogens with zero attached hydrogens (tertiary/aromatic N) is 4. The molecule has 4 heterocycles. The summed E-state index contributed by atoms with van der Waals surface area (Å²) in [6.45, 7) is 5.73. The van der Waals surface area contributed by atoms with Gasteiger partial charge in [0.1, 0.15) is 21.8 Å². The molecule has 5 rings (SSSR count). The Kier molecular flexibility index (Phi) is 8.73. The molecule has 0 spiro atoms. The van der Waals surface area contributed by atoms with Gasteiger partial charge in [-0.25, -0.2) is 8.42 Å². The molecular formula is C30H34N4O4S3. The van der Waals surface area contributed by atoms with Crippen molar-refractivity contribution in [2.45, 2.75) is 58.5 Å². The molecule has 11 heteroatoms. The van der Waals surface area contributed by atoms with Gasteiger partial charge in [-0.05, 0) is 62.1 Å². The molecule has 3 aliphatic heterocycles. The highest BCUT2D eigenvalue weighted by molar-refractivity contribution is 8.26. The maximum absolute atomic E-state index is 13.6. The molecular weight excluding hydrogens is 577 g/mol. The van der Waals surface area contributed by atoms with Crippen molar-refractivity contribution < 1.29 is 13.2 Å². The maximum atomic E-state index is 13.6. The number of aromatic nitrogens is 1. The molecule has 41 heavy (non-hydrogen) atoms. The maximum Gasteiger partial charge on any atom is 0.270 e. The van der Waals surface area contributed by atoms with E-state index in [1.54, 1.807) is 17.6 Å². The van der Waals surface area contributed by atoms with Crippen molar-refractivity contribution in [2.24, 2.45) is 5.92 Å². The van der Waals surface area contributed by atoms with Crippen molar-refractivity contribution in [3.05, 3.63) is 67.8 Å². The second kappa shape index (κ2) is 12.1. The van der Waals surface area contributed by atoms with E-state index < -0.39 is 15.9 Å². The van der Waals surface area contributed by atoms with Crippen LogP contribution in [0.5, 0.6) is 0 Å². The minimum Gasteiger partial charge on any atom is -0.357 e. The molecule has 1 amide bonds. The molecule has 3 fully saturated rings. The van der Waals surface area contributed by atoms with E-state index in [4.69, 9.17) is 12.2 Å².